The maximum absolute atomic E-state index is 8.99. The topological polar surface area (TPSA) is 76.9 Å². The second-order valence-electron chi connectivity index (χ2n) is 4.98. The summed E-state index contributed by atoms with van der Waals surface area (Å²) in [5.41, 5.74) is 8.40. The molecule has 2 heterocycles. The average molecular weight is 256 g/mol. The molecular weight excluding hydrogens is 240 g/mol. The smallest absolute Gasteiger partial charge is 0.201 e. The molecule has 0 saturated carbocycles. The third-order valence-corrected chi connectivity index (χ3v) is 3.60. The molecule has 98 valence electrons. The first kappa shape index (κ1) is 12.0. The van der Waals surface area contributed by atoms with Crippen molar-refractivity contribution >= 4 is 17.0 Å². The maximum atomic E-state index is 8.99. The average Bonchev–Trinajstić information content (AvgIpc) is 2.76. The van der Waals surface area contributed by atoms with Gasteiger partial charge in [-0.3, -0.25) is 0 Å². The molecule has 1 aromatic heterocycles. The minimum atomic E-state index is 0.471. The van der Waals surface area contributed by atoms with E-state index < -0.39 is 0 Å². The quantitative estimate of drug-likeness (QED) is 0.890. The second-order valence-corrected chi connectivity index (χ2v) is 4.98. The Bertz CT molecular complexity index is 635. The van der Waals surface area contributed by atoms with Crippen molar-refractivity contribution in [1.82, 2.24) is 9.55 Å². The highest BCUT2D eigenvalue weighted by Crippen LogP contribution is 2.23. The van der Waals surface area contributed by atoms with E-state index in [1.165, 1.54) is 0 Å². The Labute approximate surface area is 111 Å². The molecular formula is C14H16N4O. The van der Waals surface area contributed by atoms with E-state index in [-0.39, 0.29) is 0 Å². The van der Waals surface area contributed by atoms with Gasteiger partial charge < -0.3 is 15.0 Å². The van der Waals surface area contributed by atoms with Gasteiger partial charge in [-0.15, -0.1) is 0 Å². The number of imidazole rings is 1. The highest BCUT2D eigenvalue weighted by atomic mass is 16.5. The van der Waals surface area contributed by atoms with E-state index in [0.29, 0.717) is 17.4 Å². The Hall–Kier alpha value is -2.06. The number of ether oxygens (including phenoxy) is 1. The van der Waals surface area contributed by atoms with E-state index in [1.807, 2.05) is 16.7 Å². The lowest BCUT2D eigenvalue weighted by Gasteiger charge is -2.23. The summed E-state index contributed by atoms with van der Waals surface area (Å²) in [6.45, 7) is 2.43. The van der Waals surface area contributed by atoms with Gasteiger partial charge in [0.1, 0.15) is 0 Å². The number of aromatic nitrogens is 2. The molecule has 1 aromatic carbocycles. The van der Waals surface area contributed by atoms with Crippen LogP contribution in [0.1, 0.15) is 18.4 Å². The first-order valence-corrected chi connectivity index (χ1v) is 6.51. The van der Waals surface area contributed by atoms with Gasteiger partial charge in [0.25, 0.3) is 0 Å². The number of benzene rings is 1. The molecule has 0 aliphatic carbocycles. The van der Waals surface area contributed by atoms with Crippen LogP contribution in [0.15, 0.2) is 18.2 Å². The zero-order valence-electron chi connectivity index (χ0n) is 10.7. The van der Waals surface area contributed by atoms with Gasteiger partial charge in [0.2, 0.25) is 5.95 Å². The molecule has 19 heavy (non-hydrogen) atoms. The predicted octanol–water partition coefficient (Wildman–Crippen LogP) is 1.92. The molecule has 1 saturated heterocycles. The number of hydrogen-bond acceptors (Lipinski definition) is 4. The molecule has 2 N–H and O–H groups in total. The Balaban J connectivity index is 1.97. The monoisotopic (exact) mass is 256 g/mol. The van der Waals surface area contributed by atoms with Crippen molar-refractivity contribution in [1.29, 1.82) is 5.26 Å². The Morgan fingerprint density at radius 2 is 2.42 bits per heavy atom. The van der Waals surface area contributed by atoms with E-state index in [9.17, 15) is 0 Å². The molecule has 1 fully saturated rings. The molecule has 1 aliphatic rings. The van der Waals surface area contributed by atoms with Crippen molar-refractivity contribution in [3.63, 3.8) is 0 Å². The summed E-state index contributed by atoms with van der Waals surface area (Å²) in [7, 11) is 0. The van der Waals surface area contributed by atoms with Crippen molar-refractivity contribution in [3.05, 3.63) is 23.8 Å². The van der Waals surface area contributed by atoms with E-state index in [2.05, 4.69) is 11.1 Å². The van der Waals surface area contributed by atoms with Crippen LogP contribution in [0.2, 0.25) is 0 Å². The normalized spacial score (nSPS) is 19.4. The largest absolute Gasteiger partial charge is 0.381 e. The molecule has 5 heteroatoms. The summed E-state index contributed by atoms with van der Waals surface area (Å²) in [6.07, 6.45) is 2.25. The zero-order valence-corrected chi connectivity index (χ0v) is 10.7. The number of anilines is 1. The third kappa shape index (κ3) is 2.27. The van der Waals surface area contributed by atoms with Crippen LogP contribution in [0, 0.1) is 17.2 Å². The molecule has 0 bridgehead atoms. The Kier molecular flexibility index (Phi) is 3.10. The zero-order chi connectivity index (χ0) is 13.2. The summed E-state index contributed by atoms with van der Waals surface area (Å²) < 4.78 is 7.50. The first-order valence-electron chi connectivity index (χ1n) is 6.51. The lowest BCUT2D eigenvalue weighted by Crippen LogP contribution is -2.22. The summed E-state index contributed by atoms with van der Waals surface area (Å²) in [5, 5.41) is 8.99. The number of hydrogen-bond donors (Lipinski definition) is 1. The maximum Gasteiger partial charge on any atom is 0.201 e. The summed E-state index contributed by atoms with van der Waals surface area (Å²) in [6, 6.07) is 7.61. The number of nitriles is 1. The van der Waals surface area contributed by atoms with Gasteiger partial charge in [-0.05, 0) is 31.0 Å². The number of nitrogen functional groups attached to an aromatic ring is 1. The Morgan fingerprint density at radius 3 is 3.16 bits per heavy atom. The molecule has 0 spiro atoms. The minimum Gasteiger partial charge on any atom is -0.381 e. The lowest BCUT2D eigenvalue weighted by molar-refractivity contribution is 0.0490. The highest BCUT2D eigenvalue weighted by molar-refractivity contribution is 5.79. The minimum absolute atomic E-state index is 0.471. The van der Waals surface area contributed by atoms with Gasteiger partial charge in [0.15, 0.2) is 0 Å². The lowest BCUT2D eigenvalue weighted by atomic mass is 10.0. The van der Waals surface area contributed by atoms with E-state index >= 15 is 0 Å². The van der Waals surface area contributed by atoms with Crippen molar-refractivity contribution < 1.29 is 4.74 Å². The van der Waals surface area contributed by atoms with Gasteiger partial charge in [0.05, 0.1) is 29.3 Å². The molecule has 1 unspecified atom stereocenters. The molecule has 1 atom stereocenters. The van der Waals surface area contributed by atoms with Crippen molar-refractivity contribution in [2.45, 2.75) is 19.4 Å². The van der Waals surface area contributed by atoms with Gasteiger partial charge in [0, 0.05) is 19.1 Å². The van der Waals surface area contributed by atoms with Gasteiger partial charge in [-0.1, -0.05) is 0 Å². The fraction of sp³-hybridized carbons (Fsp3) is 0.429. The summed E-state index contributed by atoms with van der Waals surface area (Å²) in [4.78, 5) is 4.34. The number of nitrogens with two attached hydrogens (primary N) is 1. The van der Waals surface area contributed by atoms with Crippen LogP contribution in [0.4, 0.5) is 5.95 Å². The first-order chi connectivity index (χ1) is 9.28. The standard InChI is InChI=1S/C14H16N4O/c15-7-10-3-4-12-13(6-10)18(14(16)17-12)8-11-2-1-5-19-9-11/h3-4,6,11H,1-2,5,8-9H2,(H2,16,17). The van der Waals surface area contributed by atoms with E-state index in [0.717, 1.165) is 43.6 Å². The fourth-order valence-electron chi connectivity index (χ4n) is 2.61. The number of rotatable bonds is 2. The van der Waals surface area contributed by atoms with Crippen molar-refractivity contribution in [3.8, 4) is 6.07 Å². The molecule has 3 rings (SSSR count). The van der Waals surface area contributed by atoms with Gasteiger partial charge >= 0.3 is 0 Å². The molecule has 1 aliphatic heterocycles. The van der Waals surface area contributed by atoms with E-state index in [1.54, 1.807) is 6.07 Å². The van der Waals surface area contributed by atoms with Crippen LogP contribution in [-0.4, -0.2) is 22.8 Å². The fourth-order valence-corrected chi connectivity index (χ4v) is 2.61. The van der Waals surface area contributed by atoms with Crippen LogP contribution in [0.25, 0.3) is 11.0 Å². The third-order valence-electron chi connectivity index (χ3n) is 3.60. The SMILES string of the molecule is N#Cc1ccc2nc(N)n(CC3CCCOC3)c2c1. The van der Waals surface area contributed by atoms with Crippen molar-refractivity contribution in [2.24, 2.45) is 5.92 Å². The summed E-state index contributed by atoms with van der Waals surface area (Å²) in [5.74, 6) is 0.981. The van der Waals surface area contributed by atoms with Crippen LogP contribution < -0.4 is 5.73 Å². The van der Waals surface area contributed by atoms with Crippen LogP contribution >= 0.6 is 0 Å². The van der Waals surface area contributed by atoms with Crippen LogP contribution in [0.3, 0.4) is 0 Å². The molecule has 5 nitrogen and oxygen atoms in total. The molecule has 2 aromatic rings. The highest BCUT2D eigenvalue weighted by Gasteiger charge is 2.17. The van der Waals surface area contributed by atoms with Crippen LogP contribution in [-0.2, 0) is 11.3 Å². The second kappa shape index (κ2) is 4.90. The number of fused-ring (bicyclic) bond motifs is 1. The van der Waals surface area contributed by atoms with E-state index in [4.69, 9.17) is 15.7 Å². The van der Waals surface area contributed by atoms with Crippen molar-refractivity contribution in [2.75, 3.05) is 18.9 Å². The van der Waals surface area contributed by atoms with Gasteiger partial charge in [-0.25, -0.2) is 4.98 Å². The molecule has 0 radical (unpaired) electrons. The Morgan fingerprint density at radius 1 is 1.53 bits per heavy atom. The predicted molar refractivity (Wildman–Crippen MR) is 72.4 cm³/mol. The van der Waals surface area contributed by atoms with Crippen LogP contribution in [0.5, 0.6) is 0 Å². The van der Waals surface area contributed by atoms with Gasteiger partial charge in [-0.2, -0.15) is 5.26 Å². The summed E-state index contributed by atoms with van der Waals surface area (Å²) >= 11 is 0. The number of nitrogens with zero attached hydrogens (tertiary/aromatic N) is 3. The molecule has 0 amide bonds.